The zero-order valence-electron chi connectivity index (χ0n) is 11.4. The van der Waals surface area contributed by atoms with Crippen molar-refractivity contribution in [1.82, 2.24) is 0 Å². The Morgan fingerprint density at radius 3 is 2.42 bits per heavy atom. The molecule has 0 fully saturated rings. The quantitative estimate of drug-likeness (QED) is 0.907. The molecule has 0 aromatic heterocycles. The second kappa shape index (κ2) is 6.11. The Balaban J connectivity index is 2.64. The first-order chi connectivity index (χ1) is 8.67. The maximum atomic E-state index is 11.9. The van der Waals surface area contributed by atoms with E-state index in [1.807, 2.05) is 0 Å². The van der Waals surface area contributed by atoms with Crippen molar-refractivity contribution in [3.8, 4) is 5.75 Å². The maximum absolute atomic E-state index is 11.9. The summed E-state index contributed by atoms with van der Waals surface area (Å²) in [6, 6.07) is 5.23. The Labute approximate surface area is 119 Å². The molecule has 0 aliphatic rings. The third kappa shape index (κ3) is 4.37. The van der Waals surface area contributed by atoms with Crippen LogP contribution < -0.4 is 10.5 Å². The predicted molar refractivity (Wildman–Crippen MR) is 78.4 cm³/mol. The molecule has 1 aromatic rings. The molecule has 0 aliphatic heterocycles. The van der Waals surface area contributed by atoms with Crippen molar-refractivity contribution in [3.05, 3.63) is 28.8 Å². The highest BCUT2D eigenvalue weighted by molar-refractivity contribution is 7.92. The summed E-state index contributed by atoms with van der Waals surface area (Å²) in [5.41, 5.74) is 6.40. The summed E-state index contributed by atoms with van der Waals surface area (Å²) >= 11 is 6.02. The number of rotatable bonds is 5. The van der Waals surface area contributed by atoms with Crippen LogP contribution in [0.3, 0.4) is 0 Å². The van der Waals surface area contributed by atoms with E-state index in [-0.39, 0.29) is 12.4 Å². The van der Waals surface area contributed by atoms with E-state index in [2.05, 4.69) is 0 Å². The number of ether oxygens (including phenoxy) is 1. The monoisotopic (exact) mass is 305 g/mol. The maximum Gasteiger partial charge on any atom is 0.158 e. The smallest absolute Gasteiger partial charge is 0.158 e. The zero-order chi connectivity index (χ0) is 14.7. The zero-order valence-corrected chi connectivity index (χ0v) is 13.0. The van der Waals surface area contributed by atoms with Crippen LogP contribution in [0.5, 0.6) is 5.75 Å². The number of sulfone groups is 1. The number of nitrogens with two attached hydrogens (primary N) is 1. The molecule has 0 amide bonds. The first-order valence-electron chi connectivity index (χ1n) is 6.01. The molecular weight excluding hydrogens is 286 g/mol. The molecule has 4 nitrogen and oxygen atoms in total. The van der Waals surface area contributed by atoms with Gasteiger partial charge < -0.3 is 10.5 Å². The van der Waals surface area contributed by atoms with E-state index < -0.39 is 14.6 Å². The Morgan fingerprint density at radius 2 is 1.95 bits per heavy atom. The van der Waals surface area contributed by atoms with Crippen LogP contribution >= 0.6 is 11.6 Å². The number of halogens is 1. The highest BCUT2D eigenvalue weighted by Gasteiger charge is 2.28. The Hall–Kier alpha value is -0.780. The SMILES string of the molecule is CC(C)(C)S(=O)(=O)CCOc1ccc(CN)cc1Cl. The Bertz CT molecular complexity index is 535. The molecule has 19 heavy (non-hydrogen) atoms. The number of hydrogen-bond donors (Lipinski definition) is 1. The molecular formula is C13H20ClNO3S. The van der Waals surface area contributed by atoms with Gasteiger partial charge in [0, 0.05) is 6.54 Å². The van der Waals surface area contributed by atoms with Gasteiger partial charge in [0.25, 0.3) is 0 Å². The highest BCUT2D eigenvalue weighted by Crippen LogP contribution is 2.25. The van der Waals surface area contributed by atoms with Gasteiger partial charge in [-0.3, -0.25) is 0 Å². The fraction of sp³-hybridized carbons (Fsp3) is 0.538. The molecule has 0 heterocycles. The first-order valence-corrected chi connectivity index (χ1v) is 8.04. The normalized spacial score (nSPS) is 12.5. The van der Waals surface area contributed by atoms with Crippen LogP contribution in [0, 0.1) is 0 Å². The average molecular weight is 306 g/mol. The van der Waals surface area contributed by atoms with Crippen molar-refractivity contribution < 1.29 is 13.2 Å². The van der Waals surface area contributed by atoms with Crippen LogP contribution in [-0.4, -0.2) is 25.5 Å². The second-order valence-electron chi connectivity index (χ2n) is 5.25. The lowest BCUT2D eigenvalue weighted by Crippen LogP contribution is -2.32. The average Bonchev–Trinajstić information content (AvgIpc) is 2.29. The third-order valence-electron chi connectivity index (χ3n) is 2.77. The minimum absolute atomic E-state index is 0.0362. The van der Waals surface area contributed by atoms with Gasteiger partial charge in [-0.1, -0.05) is 17.7 Å². The molecule has 0 unspecified atom stereocenters. The molecule has 0 radical (unpaired) electrons. The van der Waals surface area contributed by atoms with E-state index in [0.29, 0.717) is 17.3 Å². The fourth-order valence-electron chi connectivity index (χ4n) is 1.36. The predicted octanol–water partition coefficient (Wildman–Crippen LogP) is 2.39. The van der Waals surface area contributed by atoms with E-state index in [1.54, 1.807) is 39.0 Å². The van der Waals surface area contributed by atoms with Gasteiger partial charge >= 0.3 is 0 Å². The van der Waals surface area contributed by atoms with E-state index >= 15 is 0 Å². The van der Waals surface area contributed by atoms with Gasteiger partial charge in [-0.15, -0.1) is 0 Å². The second-order valence-corrected chi connectivity index (χ2v) is 8.52. The van der Waals surface area contributed by atoms with Gasteiger partial charge in [0.1, 0.15) is 12.4 Å². The van der Waals surface area contributed by atoms with Crippen LogP contribution in [0.25, 0.3) is 0 Å². The summed E-state index contributed by atoms with van der Waals surface area (Å²) in [5, 5.41) is 0.441. The Kier molecular flexibility index (Phi) is 5.24. The molecule has 0 saturated carbocycles. The molecule has 6 heteroatoms. The van der Waals surface area contributed by atoms with Crippen molar-refractivity contribution in [2.45, 2.75) is 32.1 Å². The molecule has 0 saturated heterocycles. The van der Waals surface area contributed by atoms with Gasteiger partial charge in [-0.25, -0.2) is 8.42 Å². The van der Waals surface area contributed by atoms with Gasteiger partial charge in [0.15, 0.2) is 9.84 Å². The molecule has 0 aliphatic carbocycles. The number of hydrogen-bond acceptors (Lipinski definition) is 4. The van der Waals surface area contributed by atoms with Crippen LogP contribution in [0.4, 0.5) is 0 Å². The van der Waals surface area contributed by atoms with Crippen molar-refractivity contribution in [1.29, 1.82) is 0 Å². The van der Waals surface area contributed by atoms with Gasteiger partial charge in [-0.2, -0.15) is 0 Å². The fourth-order valence-corrected chi connectivity index (χ4v) is 2.53. The summed E-state index contributed by atoms with van der Waals surface area (Å²) < 4.78 is 28.4. The van der Waals surface area contributed by atoms with Gasteiger partial charge in [0.05, 0.1) is 15.5 Å². The van der Waals surface area contributed by atoms with E-state index in [1.165, 1.54) is 0 Å². The first kappa shape index (κ1) is 16.3. The molecule has 0 spiro atoms. The minimum atomic E-state index is -3.18. The highest BCUT2D eigenvalue weighted by atomic mass is 35.5. The lowest BCUT2D eigenvalue weighted by atomic mass is 10.2. The minimum Gasteiger partial charge on any atom is -0.491 e. The van der Waals surface area contributed by atoms with Crippen LogP contribution in [-0.2, 0) is 16.4 Å². The molecule has 1 aromatic carbocycles. The van der Waals surface area contributed by atoms with E-state index in [4.69, 9.17) is 22.1 Å². The summed E-state index contributed by atoms with van der Waals surface area (Å²) in [6.07, 6.45) is 0. The van der Waals surface area contributed by atoms with Crippen molar-refractivity contribution in [2.24, 2.45) is 5.73 Å². The summed E-state index contributed by atoms with van der Waals surface area (Å²) in [6.45, 7) is 5.50. The van der Waals surface area contributed by atoms with Crippen LogP contribution in [0.1, 0.15) is 26.3 Å². The van der Waals surface area contributed by atoms with E-state index in [9.17, 15) is 8.42 Å². The molecule has 2 N–H and O–H groups in total. The largest absolute Gasteiger partial charge is 0.491 e. The summed E-state index contributed by atoms with van der Waals surface area (Å²) in [4.78, 5) is 0. The topological polar surface area (TPSA) is 69.4 Å². The van der Waals surface area contributed by atoms with Crippen molar-refractivity contribution in [2.75, 3.05) is 12.4 Å². The van der Waals surface area contributed by atoms with Crippen LogP contribution in [0.15, 0.2) is 18.2 Å². The van der Waals surface area contributed by atoms with Crippen LogP contribution in [0.2, 0.25) is 5.02 Å². The van der Waals surface area contributed by atoms with E-state index in [0.717, 1.165) is 5.56 Å². The third-order valence-corrected chi connectivity index (χ3v) is 5.64. The summed E-state index contributed by atoms with van der Waals surface area (Å²) in [7, 11) is -3.18. The van der Waals surface area contributed by atoms with Gasteiger partial charge in [-0.05, 0) is 38.5 Å². The molecule has 1 rings (SSSR count). The molecule has 108 valence electrons. The number of benzene rings is 1. The standard InChI is InChI=1S/C13H20ClNO3S/c1-13(2,3)19(16,17)7-6-18-12-5-4-10(9-15)8-11(12)14/h4-5,8H,6-7,9,15H2,1-3H3. The van der Waals surface area contributed by atoms with Crippen molar-refractivity contribution >= 4 is 21.4 Å². The van der Waals surface area contributed by atoms with Gasteiger partial charge in [0.2, 0.25) is 0 Å². The summed E-state index contributed by atoms with van der Waals surface area (Å²) in [5.74, 6) is 0.439. The molecule has 0 atom stereocenters. The molecule has 0 bridgehead atoms. The lowest BCUT2D eigenvalue weighted by Gasteiger charge is -2.19. The lowest BCUT2D eigenvalue weighted by molar-refractivity contribution is 0.340. The van der Waals surface area contributed by atoms with Crippen molar-refractivity contribution in [3.63, 3.8) is 0 Å². The Morgan fingerprint density at radius 1 is 1.32 bits per heavy atom.